The number of carbonyl (C=O) groups is 1. The molecule has 2 aliphatic heterocycles. The van der Waals surface area contributed by atoms with Crippen molar-refractivity contribution in [3.63, 3.8) is 0 Å². The molecule has 0 saturated carbocycles. The fourth-order valence-corrected chi connectivity index (χ4v) is 2.95. The Hall–Kier alpha value is -0.650. The largest absolute Gasteiger partial charge is 0.378 e. The maximum atomic E-state index is 11.9. The van der Waals surface area contributed by atoms with Crippen LogP contribution in [0.5, 0.6) is 0 Å². The lowest BCUT2D eigenvalue weighted by atomic mass is 10.0. The van der Waals surface area contributed by atoms with E-state index < -0.39 is 0 Å². The second-order valence-electron chi connectivity index (χ2n) is 5.65. The van der Waals surface area contributed by atoms with Gasteiger partial charge in [0, 0.05) is 45.2 Å². The predicted molar refractivity (Wildman–Crippen MR) is 74.9 cm³/mol. The van der Waals surface area contributed by atoms with E-state index in [0.29, 0.717) is 18.6 Å². The van der Waals surface area contributed by atoms with Crippen LogP contribution in [0.2, 0.25) is 0 Å². The maximum Gasteiger partial charge on any atom is 0.220 e. The Balaban J connectivity index is 1.58. The zero-order valence-corrected chi connectivity index (χ0v) is 11.8. The molecule has 0 aromatic heterocycles. The lowest BCUT2D eigenvalue weighted by Crippen LogP contribution is -2.45. The SMILES string of the molecule is NCCN1CCC(NC(=O)CCC2CCCO2)CC1. The average Bonchev–Trinajstić information content (AvgIpc) is 2.92. The molecule has 1 amide bonds. The molecule has 1 unspecified atom stereocenters. The van der Waals surface area contributed by atoms with Crippen LogP contribution in [-0.4, -0.2) is 55.7 Å². The molecule has 0 radical (unpaired) electrons. The molecule has 110 valence electrons. The number of hydrogen-bond donors (Lipinski definition) is 2. The molecule has 0 aromatic rings. The summed E-state index contributed by atoms with van der Waals surface area (Å²) in [5.41, 5.74) is 5.55. The van der Waals surface area contributed by atoms with E-state index in [1.165, 1.54) is 0 Å². The molecule has 0 aromatic carbocycles. The van der Waals surface area contributed by atoms with E-state index in [-0.39, 0.29) is 5.91 Å². The summed E-state index contributed by atoms with van der Waals surface area (Å²) >= 11 is 0. The molecule has 2 saturated heterocycles. The summed E-state index contributed by atoms with van der Waals surface area (Å²) in [7, 11) is 0. The van der Waals surface area contributed by atoms with Crippen molar-refractivity contribution in [2.75, 3.05) is 32.8 Å². The van der Waals surface area contributed by atoms with Gasteiger partial charge in [-0.3, -0.25) is 4.79 Å². The van der Waals surface area contributed by atoms with Crippen molar-refractivity contribution in [3.05, 3.63) is 0 Å². The number of nitrogens with zero attached hydrogens (tertiary/aromatic N) is 1. The summed E-state index contributed by atoms with van der Waals surface area (Å²) in [6.07, 6.45) is 6.15. The molecule has 2 rings (SSSR count). The number of hydrogen-bond acceptors (Lipinski definition) is 4. The van der Waals surface area contributed by atoms with Crippen LogP contribution in [0.3, 0.4) is 0 Å². The van der Waals surface area contributed by atoms with E-state index in [0.717, 1.165) is 64.9 Å². The number of ether oxygens (including phenoxy) is 1. The number of carbonyl (C=O) groups excluding carboxylic acids is 1. The van der Waals surface area contributed by atoms with Crippen molar-refractivity contribution < 1.29 is 9.53 Å². The van der Waals surface area contributed by atoms with Gasteiger partial charge in [0.05, 0.1) is 6.10 Å². The molecule has 0 bridgehead atoms. The predicted octanol–water partition coefficient (Wildman–Crippen LogP) is 0.485. The van der Waals surface area contributed by atoms with Gasteiger partial charge in [-0.1, -0.05) is 0 Å². The molecule has 5 heteroatoms. The summed E-state index contributed by atoms with van der Waals surface area (Å²) in [6.45, 7) is 4.66. The number of nitrogens with two attached hydrogens (primary N) is 1. The third-order valence-electron chi connectivity index (χ3n) is 4.12. The molecule has 2 heterocycles. The summed E-state index contributed by atoms with van der Waals surface area (Å²) in [4.78, 5) is 14.2. The molecule has 2 fully saturated rings. The molecule has 1 atom stereocenters. The summed E-state index contributed by atoms with van der Waals surface area (Å²) in [6, 6.07) is 0.353. The van der Waals surface area contributed by atoms with Crippen LogP contribution in [0.4, 0.5) is 0 Å². The first-order valence-electron chi connectivity index (χ1n) is 7.61. The third-order valence-corrected chi connectivity index (χ3v) is 4.12. The Labute approximate surface area is 115 Å². The first-order valence-corrected chi connectivity index (χ1v) is 7.61. The monoisotopic (exact) mass is 269 g/mol. The van der Waals surface area contributed by atoms with E-state index in [9.17, 15) is 4.79 Å². The Bertz CT molecular complexity index is 272. The highest BCUT2D eigenvalue weighted by molar-refractivity contribution is 5.76. The zero-order chi connectivity index (χ0) is 13.5. The fraction of sp³-hybridized carbons (Fsp3) is 0.929. The summed E-state index contributed by atoms with van der Waals surface area (Å²) < 4.78 is 5.54. The highest BCUT2D eigenvalue weighted by atomic mass is 16.5. The molecular formula is C14H27N3O2. The lowest BCUT2D eigenvalue weighted by Gasteiger charge is -2.32. The average molecular weight is 269 g/mol. The van der Waals surface area contributed by atoms with Crippen LogP contribution in [0.25, 0.3) is 0 Å². The topological polar surface area (TPSA) is 67.6 Å². The Morgan fingerprint density at radius 2 is 2.11 bits per heavy atom. The van der Waals surface area contributed by atoms with Crippen LogP contribution < -0.4 is 11.1 Å². The Morgan fingerprint density at radius 3 is 2.74 bits per heavy atom. The van der Waals surface area contributed by atoms with Gasteiger partial charge in [0.2, 0.25) is 5.91 Å². The van der Waals surface area contributed by atoms with Gasteiger partial charge in [-0.2, -0.15) is 0 Å². The van der Waals surface area contributed by atoms with E-state index in [4.69, 9.17) is 10.5 Å². The van der Waals surface area contributed by atoms with Crippen LogP contribution in [0, 0.1) is 0 Å². The highest BCUT2D eigenvalue weighted by Gasteiger charge is 2.21. The van der Waals surface area contributed by atoms with Crippen LogP contribution in [0.15, 0.2) is 0 Å². The molecule has 3 N–H and O–H groups in total. The number of amides is 1. The first kappa shape index (κ1) is 14.8. The second kappa shape index (κ2) is 7.82. The minimum absolute atomic E-state index is 0.188. The fourth-order valence-electron chi connectivity index (χ4n) is 2.95. The van der Waals surface area contributed by atoms with Gasteiger partial charge >= 0.3 is 0 Å². The number of nitrogens with one attached hydrogen (secondary N) is 1. The van der Waals surface area contributed by atoms with E-state index in [2.05, 4.69) is 10.2 Å². The third kappa shape index (κ3) is 5.09. The molecular weight excluding hydrogens is 242 g/mol. The zero-order valence-electron chi connectivity index (χ0n) is 11.8. The van der Waals surface area contributed by atoms with Crippen LogP contribution in [-0.2, 0) is 9.53 Å². The lowest BCUT2D eigenvalue weighted by molar-refractivity contribution is -0.122. The minimum atomic E-state index is 0.188. The second-order valence-corrected chi connectivity index (χ2v) is 5.65. The van der Waals surface area contributed by atoms with Crippen molar-refractivity contribution in [3.8, 4) is 0 Å². The molecule has 0 spiro atoms. The summed E-state index contributed by atoms with van der Waals surface area (Å²) in [5.74, 6) is 0.188. The van der Waals surface area contributed by atoms with Gasteiger partial charge in [0.15, 0.2) is 0 Å². The van der Waals surface area contributed by atoms with E-state index in [1.54, 1.807) is 0 Å². The Kier molecular flexibility index (Phi) is 6.07. The normalized spacial score (nSPS) is 25.6. The van der Waals surface area contributed by atoms with Gasteiger partial charge in [-0.05, 0) is 32.1 Å². The van der Waals surface area contributed by atoms with Crippen molar-refractivity contribution in [2.45, 2.75) is 50.7 Å². The molecule has 0 aliphatic carbocycles. The van der Waals surface area contributed by atoms with Crippen molar-refractivity contribution >= 4 is 5.91 Å². The molecule has 5 nitrogen and oxygen atoms in total. The van der Waals surface area contributed by atoms with Gasteiger partial charge in [-0.25, -0.2) is 0 Å². The van der Waals surface area contributed by atoms with Crippen molar-refractivity contribution in [1.29, 1.82) is 0 Å². The minimum Gasteiger partial charge on any atom is -0.378 e. The standard InChI is InChI=1S/C14H27N3O2/c15-7-10-17-8-5-12(6-9-17)16-14(18)4-3-13-2-1-11-19-13/h12-13H,1-11,15H2,(H,16,18). The highest BCUT2D eigenvalue weighted by Crippen LogP contribution is 2.17. The Morgan fingerprint density at radius 1 is 1.32 bits per heavy atom. The quantitative estimate of drug-likeness (QED) is 0.736. The van der Waals surface area contributed by atoms with Crippen LogP contribution in [0.1, 0.15) is 38.5 Å². The number of rotatable bonds is 6. The summed E-state index contributed by atoms with van der Waals surface area (Å²) in [5, 5.41) is 3.15. The maximum absolute atomic E-state index is 11.9. The van der Waals surface area contributed by atoms with Gasteiger partial charge in [-0.15, -0.1) is 0 Å². The van der Waals surface area contributed by atoms with E-state index in [1.807, 2.05) is 0 Å². The van der Waals surface area contributed by atoms with Crippen LogP contribution >= 0.6 is 0 Å². The number of likely N-dealkylation sites (tertiary alicyclic amines) is 1. The van der Waals surface area contributed by atoms with Gasteiger partial charge in [0.25, 0.3) is 0 Å². The van der Waals surface area contributed by atoms with Gasteiger partial charge in [0.1, 0.15) is 0 Å². The molecule has 19 heavy (non-hydrogen) atoms. The number of piperidine rings is 1. The van der Waals surface area contributed by atoms with Crippen molar-refractivity contribution in [1.82, 2.24) is 10.2 Å². The molecule has 2 aliphatic rings. The smallest absolute Gasteiger partial charge is 0.220 e. The first-order chi connectivity index (χ1) is 9.28. The van der Waals surface area contributed by atoms with E-state index >= 15 is 0 Å². The van der Waals surface area contributed by atoms with Gasteiger partial charge < -0.3 is 20.7 Å². The van der Waals surface area contributed by atoms with Crippen molar-refractivity contribution in [2.24, 2.45) is 5.73 Å².